The summed E-state index contributed by atoms with van der Waals surface area (Å²) in [5.41, 5.74) is 10.0. The Labute approximate surface area is 176 Å². The van der Waals surface area contributed by atoms with E-state index in [1.54, 1.807) is 0 Å². The smallest absolute Gasteiger partial charge is 0.253 e. The molecule has 2 fully saturated rings. The molecule has 2 aromatic rings. The van der Waals surface area contributed by atoms with Gasteiger partial charge in [-0.2, -0.15) is 0 Å². The first kappa shape index (κ1) is 19.4. The zero-order valence-corrected chi connectivity index (χ0v) is 17.3. The lowest BCUT2D eigenvalue weighted by atomic mass is 10.0. The van der Waals surface area contributed by atoms with Crippen LogP contribution in [-0.4, -0.2) is 54.8 Å². The number of hydrogen-bond acceptors (Lipinski definition) is 6. The molecular weight excluding hydrogens is 380 g/mol. The maximum absolute atomic E-state index is 12.9. The monoisotopic (exact) mass is 408 g/mol. The second-order valence-corrected chi connectivity index (χ2v) is 8.25. The number of amides is 1. The Morgan fingerprint density at radius 2 is 1.80 bits per heavy atom. The lowest BCUT2D eigenvalue weighted by Crippen LogP contribution is -2.46. The fourth-order valence-corrected chi connectivity index (χ4v) is 4.46. The fraction of sp³-hybridized carbons (Fsp3) is 0.435. The van der Waals surface area contributed by atoms with E-state index in [4.69, 9.17) is 9.47 Å². The molecule has 2 unspecified atom stereocenters. The molecule has 2 aromatic carbocycles. The minimum Gasteiger partial charge on any atom is -0.454 e. The summed E-state index contributed by atoms with van der Waals surface area (Å²) in [5.74, 6) is 1.76. The van der Waals surface area contributed by atoms with Crippen LogP contribution in [0.25, 0.3) is 0 Å². The molecule has 1 amide bonds. The largest absolute Gasteiger partial charge is 0.454 e. The highest BCUT2D eigenvalue weighted by Gasteiger charge is 2.32. The standard InChI is InChI=1S/C23H28N4O3/c1-16-3-5-17(6-4-16)23(28)27-10-2-9-26(11-12-27)22-14-19(24-25-22)18-7-8-20-21(13-18)30-15-29-20/h3-8,13,19,22,24-25H,2,9-12,14-15H2,1H3. The van der Waals surface area contributed by atoms with Gasteiger partial charge >= 0.3 is 0 Å². The summed E-state index contributed by atoms with van der Waals surface area (Å²) < 4.78 is 10.9. The molecular formula is C23H28N4O3. The molecule has 0 aromatic heterocycles. The molecule has 0 spiro atoms. The molecule has 158 valence electrons. The van der Waals surface area contributed by atoms with Crippen LogP contribution < -0.4 is 20.3 Å². The van der Waals surface area contributed by atoms with Crippen LogP contribution in [0.2, 0.25) is 0 Å². The normalized spacial score (nSPS) is 24.1. The predicted molar refractivity (Wildman–Crippen MR) is 113 cm³/mol. The molecule has 7 nitrogen and oxygen atoms in total. The topological polar surface area (TPSA) is 66.1 Å². The summed E-state index contributed by atoms with van der Waals surface area (Å²) in [6.45, 7) is 5.73. The number of hydrogen-bond donors (Lipinski definition) is 2. The number of hydrazine groups is 1. The van der Waals surface area contributed by atoms with Gasteiger partial charge in [0.1, 0.15) is 0 Å². The molecule has 3 heterocycles. The van der Waals surface area contributed by atoms with Crippen LogP contribution in [0.4, 0.5) is 0 Å². The van der Waals surface area contributed by atoms with Gasteiger partial charge in [0.2, 0.25) is 6.79 Å². The van der Waals surface area contributed by atoms with E-state index in [2.05, 4.69) is 27.9 Å². The van der Waals surface area contributed by atoms with Crippen molar-refractivity contribution in [2.45, 2.75) is 32.0 Å². The molecule has 3 aliphatic heterocycles. The summed E-state index contributed by atoms with van der Waals surface area (Å²) in [7, 11) is 0. The second kappa shape index (κ2) is 8.26. The van der Waals surface area contributed by atoms with Gasteiger partial charge in [0.25, 0.3) is 5.91 Å². The highest BCUT2D eigenvalue weighted by molar-refractivity contribution is 5.94. The zero-order valence-electron chi connectivity index (χ0n) is 17.3. The molecule has 0 bridgehead atoms. The zero-order chi connectivity index (χ0) is 20.5. The highest BCUT2D eigenvalue weighted by atomic mass is 16.7. The number of carbonyl (C=O) groups excluding carboxylic acids is 1. The summed E-state index contributed by atoms with van der Waals surface area (Å²) in [5, 5.41) is 0. The second-order valence-electron chi connectivity index (χ2n) is 8.25. The van der Waals surface area contributed by atoms with Gasteiger partial charge in [-0.3, -0.25) is 9.69 Å². The SMILES string of the molecule is Cc1ccc(C(=O)N2CCCN(C3CC(c4ccc5c(c4)OCO5)NN3)CC2)cc1. The van der Waals surface area contributed by atoms with Crippen molar-refractivity contribution < 1.29 is 14.3 Å². The number of nitrogens with zero attached hydrogens (tertiary/aromatic N) is 2. The molecule has 0 radical (unpaired) electrons. The van der Waals surface area contributed by atoms with Crippen molar-refractivity contribution in [3.05, 3.63) is 59.2 Å². The van der Waals surface area contributed by atoms with E-state index in [9.17, 15) is 4.79 Å². The van der Waals surface area contributed by atoms with Crippen LogP contribution in [0.15, 0.2) is 42.5 Å². The molecule has 5 rings (SSSR count). The van der Waals surface area contributed by atoms with Gasteiger partial charge in [-0.25, -0.2) is 10.9 Å². The first-order valence-electron chi connectivity index (χ1n) is 10.7. The lowest BCUT2D eigenvalue weighted by molar-refractivity contribution is 0.0756. The number of ether oxygens (including phenoxy) is 2. The summed E-state index contributed by atoms with van der Waals surface area (Å²) in [6, 6.07) is 14.2. The first-order valence-corrected chi connectivity index (χ1v) is 10.7. The Morgan fingerprint density at radius 3 is 2.67 bits per heavy atom. The van der Waals surface area contributed by atoms with E-state index in [1.807, 2.05) is 42.2 Å². The molecule has 0 saturated carbocycles. The third-order valence-corrected chi connectivity index (χ3v) is 6.24. The molecule has 0 aliphatic carbocycles. The maximum atomic E-state index is 12.9. The van der Waals surface area contributed by atoms with Crippen molar-refractivity contribution >= 4 is 5.91 Å². The van der Waals surface area contributed by atoms with E-state index in [0.29, 0.717) is 6.79 Å². The van der Waals surface area contributed by atoms with Crippen molar-refractivity contribution in [2.24, 2.45) is 0 Å². The number of rotatable bonds is 3. The van der Waals surface area contributed by atoms with E-state index in [-0.39, 0.29) is 18.1 Å². The molecule has 2 N–H and O–H groups in total. The Hall–Kier alpha value is -2.61. The van der Waals surface area contributed by atoms with Gasteiger partial charge in [-0.1, -0.05) is 23.8 Å². The summed E-state index contributed by atoms with van der Waals surface area (Å²) in [4.78, 5) is 17.3. The minimum atomic E-state index is 0.132. The van der Waals surface area contributed by atoms with Crippen molar-refractivity contribution in [2.75, 3.05) is 33.0 Å². The van der Waals surface area contributed by atoms with E-state index in [1.165, 1.54) is 11.1 Å². The molecule has 7 heteroatoms. The first-order chi connectivity index (χ1) is 14.7. The fourth-order valence-electron chi connectivity index (χ4n) is 4.46. The van der Waals surface area contributed by atoms with E-state index >= 15 is 0 Å². The number of nitrogens with one attached hydrogen (secondary N) is 2. The van der Waals surface area contributed by atoms with Gasteiger partial charge in [-0.15, -0.1) is 0 Å². The quantitative estimate of drug-likeness (QED) is 0.813. The van der Waals surface area contributed by atoms with Crippen LogP contribution in [0.1, 0.15) is 40.4 Å². The van der Waals surface area contributed by atoms with E-state index < -0.39 is 0 Å². The predicted octanol–water partition coefficient (Wildman–Crippen LogP) is 2.44. The maximum Gasteiger partial charge on any atom is 0.253 e. The Kier molecular flexibility index (Phi) is 5.33. The average molecular weight is 409 g/mol. The highest BCUT2D eigenvalue weighted by Crippen LogP contribution is 2.36. The third kappa shape index (κ3) is 3.88. The van der Waals surface area contributed by atoms with Gasteiger partial charge in [0.05, 0.1) is 6.17 Å². The van der Waals surface area contributed by atoms with E-state index in [0.717, 1.165) is 56.1 Å². The van der Waals surface area contributed by atoms with Crippen LogP contribution in [0.5, 0.6) is 11.5 Å². The molecule has 30 heavy (non-hydrogen) atoms. The van der Waals surface area contributed by atoms with Crippen LogP contribution in [0, 0.1) is 6.92 Å². The van der Waals surface area contributed by atoms with Crippen LogP contribution in [0.3, 0.4) is 0 Å². The van der Waals surface area contributed by atoms with Crippen LogP contribution >= 0.6 is 0 Å². The van der Waals surface area contributed by atoms with Crippen molar-refractivity contribution in [1.82, 2.24) is 20.7 Å². The van der Waals surface area contributed by atoms with Gasteiger partial charge in [0.15, 0.2) is 11.5 Å². The Bertz CT molecular complexity index is 917. The van der Waals surface area contributed by atoms with Crippen LogP contribution in [-0.2, 0) is 0 Å². The number of aryl methyl sites for hydroxylation is 1. The number of benzene rings is 2. The minimum absolute atomic E-state index is 0.132. The van der Waals surface area contributed by atoms with Crippen molar-refractivity contribution in [3.63, 3.8) is 0 Å². The molecule has 2 saturated heterocycles. The van der Waals surface area contributed by atoms with Gasteiger partial charge < -0.3 is 14.4 Å². The Balaban J connectivity index is 1.19. The number of carbonyl (C=O) groups is 1. The Morgan fingerprint density at radius 1 is 0.967 bits per heavy atom. The van der Waals surface area contributed by atoms with Crippen molar-refractivity contribution in [3.8, 4) is 11.5 Å². The van der Waals surface area contributed by atoms with Crippen molar-refractivity contribution in [1.29, 1.82) is 0 Å². The van der Waals surface area contributed by atoms with Gasteiger partial charge in [0, 0.05) is 37.8 Å². The molecule has 3 aliphatic rings. The summed E-state index contributed by atoms with van der Waals surface area (Å²) in [6.07, 6.45) is 2.19. The third-order valence-electron chi connectivity index (χ3n) is 6.24. The number of fused-ring (bicyclic) bond motifs is 1. The molecule has 2 atom stereocenters. The average Bonchev–Trinajstić information content (AvgIpc) is 3.38. The lowest BCUT2D eigenvalue weighted by Gasteiger charge is -2.27. The summed E-state index contributed by atoms with van der Waals surface area (Å²) >= 11 is 0. The van der Waals surface area contributed by atoms with Gasteiger partial charge in [-0.05, 0) is 49.6 Å².